The summed E-state index contributed by atoms with van der Waals surface area (Å²) >= 11 is 0. The molecule has 1 aliphatic heterocycles. The van der Waals surface area contributed by atoms with Crippen molar-refractivity contribution >= 4 is 10.8 Å². The number of fused-ring (bicyclic) bond motifs is 2. The highest BCUT2D eigenvalue weighted by Crippen LogP contribution is 2.36. The molecule has 2 fully saturated rings. The van der Waals surface area contributed by atoms with E-state index in [9.17, 15) is 15.3 Å². The zero-order valence-corrected chi connectivity index (χ0v) is 18.0. The monoisotopic (exact) mass is 434 g/mol. The molecule has 1 saturated heterocycles. The maximum absolute atomic E-state index is 10.5. The molecule has 6 heteroatoms. The van der Waals surface area contributed by atoms with E-state index in [0.29, 0.717) is 31.2 Å². The summed E-state index contributed by atoms with van der Waals surface area (Å²) in [5.41, 5.74) is 2.21. The molecule has 1 unspecified atom stereocenters. The molecule has 0 amide bonds. The summed E-state index contributed by atoms with van der Waals surface area (Å²) in [5, 5.41) is 32.6. The van der Waals surface area contributed by atoms with E-state index in [1.165, 1.54) is 0 Å². The van der Waals surface area contributed by atoms with Crippen molar-refractivity contribution in [1.29, 1.82) is 0 Å². The van der Waals surface area contributed by atoms with Crippen LogP contribution in [0.5, 0.6) is 5.75 Å². The van der Waals surface area contributed by atoms with Gasteiger partial charge in [0.25, 0.3) is 0 Å². The highest BCUT2D eigenvalue weighted by atomic mass is 16.5. The first-order chi connectivity index (χ1) is 15.5. The molecule has 0 bridgehead atoms. The number of nitrogens with zero attached hydrogens (tertiary/aromatic N) is 2. The van der Waals surface area contributed by atoms with Crippen molar-refractivity contribution in [2.24, 2.45) is 11.8 Å². The van der Waals surface area contributed by atoms with E-state index in [-0.39, 0.29) is 6.61 Å². The maximum atomic E-state index is 10.5. The standard InChI is InChI=1S/C26H30N2O4/c29-23(15-28-13-21-10-25(30)26(31)11-22(21)14-28)16-32-24-6-5-17-8-18(3-4-19(17)9-24)20-2-1-7-27-12-20/h1-9,12,21-23,25-26,29-31H,10-11,13-16H2/t21-,22+,23?,25+,26-. The predicted molar refractivity (Wildman–Crippen MR) is 123 cm³/mol. The summed E-state index contributed by atoms with van der Waals surface area (Å²) in [6.07, 6.45) is 3.11. The fraction of sp³-hybridized carbons (Fsp3) is 0.423. The molecule has 2 heterocycles. The van der Waals surface area contributed by atoms with Crippen LogP contribution in [0.15, 0.2) is 60.9 Å². The minimum Gasteiger partial charge on any atom is -0.491 e. The van der Waals surface area contributed by atoms with E-state index < -0.39 is 18.3 Å². The third kappa shape index (κ3) is 4.64. The van der Waals surface area contributed by atoms with Gasteiger partial charge in [-0.1, -0.05) is 24.3 Å². The number of rotatable bonds is 6. The van der Waals surface area contributed by atoms with Gasteiger partial charge in [-0.3, -0.25) is 4.98 Å². The zero-order valence-electron chi connectivity index (χ0n) is 18.0. The van der Waals surface area contributed by atoms with Gasteiger partial charge in [0.1, 0.15) is 18.5 Å². The Hall–Kier alpha value is -2.51. The molecule has 1 saturated carbocycles. The molecule has 3 N–H and O–H groups in total. The van der Waals surface area contributed by atoms with Gasteiger partial charge in [0.2, 0.25) is 0 Å². The molecular weight excluding hydrogens is 404 g/mol. The van der Waals surface area contributed by atoms with Gasteiger partial charge < -0.3 is 25.0 Å². The van der Waals surface area contributed by atoms with Crippen LogP contribution >= 0.6 is 0 Å². The van der Waals surface area contributed by atoms with Crippen LogP contribution in [0.3, 0.4) is 0 Å². The van der Waals surface area contributed by atoms with Crippen molar-refractivity contribution in [3.8, 4) is 16.9 Å². The normalized spacial score (nSPS) is 26.7. The summed E-state index contributed by atoms with van der Waals surface area (Å²) in [4.78, 5) is 6.42. The average Bonchev–Trinajstić information content (AvgIpc) is 3.18. The number of pyridine rings is 1. The van der Waals surface area contributed by atoms with Gasteiger partial charge in [-0.2, -0.15) is 0 Å². The lowest BCUT2D eigenvalue weighted by atomic mass is 9.79. The van der Waals surface area contributed by atoms with Gasteiger partial charge in [0, 0.05) is 37.6 Å². The van der Waals surface area contributed by atoms with Crippen LogP contribution in [0.4, 0.5) is 0 Å². The number of ether oxygens (including phenoxy) is 1. The van der Waals surface area contributed by atoms with Crippen LogP contribution in [0.1, 0.15) is 12.8 Å². The van der Waals surface area contributed by atoms with Crippen LogP contribution in [0.25, 0.3) is 21.9 Å². The van der Waals surface area contributed by atoms with E-state index in [2.05, 4.69) is 28.1 Å². The first kappa shape index (κ1) is 21.3. The second-order valence-electron chi connectivity index (χ2n) is 9.28. The number of benzene rings is 2. The van der Waals surface area contributed by atoms with Gasteiger partial charge in [-0.15, -0.1) is 0 Å². The molecule has 5 atom stereocenters. The summed E-state index contributed by atoms with van der Waals surface area (Å²) < 4.78 is 5.89. The number of hydrogen-bond donors (Lipinski definition) is 3. The number of hydrogen-bond acceptors (Lipinski definition) is 6. The lowest BCUT2D eigenvalue weighted by molar-refractivity contribution is -0.0372. The lowest BCUT2D eigenvalue weighted by Crippen LogP contribution is -2.38. The maximum Gasteiger partial charge on any atom is 0.120 e. The molecule has 2 aromatic carbocycles. The van der Waals surface area contributed by atoms with Crippen molar-refractivity contribution in [2.45, 2.75) is 31.2 Å². The molecule has 32 heavy (non-hydrogen) atoms. The van der Waals surface area contributed by atoms with E-state index in [1.807, 2.05) is 36.5 Å². The Morgan fingerprint density at radius 1 is 0.938 bits per heavy atom. The van der Waals surface area contributed by atoms with E-state index in [4.69, 9.17) is 4.74 Å². The second kappa shape index (κ2) is 9.16. The van der Waals surface area contributed by atoms with Crippen molar-refractivity contribution in [2.75, 3.05) is 26.2 Å². The molecule has 5 rings (SSSR count). The minimum atomic E-state index is -0.613. The summed E-state index contributed by atoms with van der Waals surface area (Å²) in [6, 6.07) is 16.3. The molecule has 2 aliphatic rings. The molecule has 0 spiro atoms. The summed E-state index contributed by atoms with van der Waals surface area (Å²) in [6.45, 7) is 2.50. The van der Waals surface area contributed by atoms with Gasteiger partial charge in [-0.05, 0) is 65.3 Å². The molecular formula is C26H30N2O4. The summed E-state index contributed by atoms with van der Waals surface area (Å²) in [7, 11) is 0. The van der Waals surface area contributed by atoms with Crippen LogP contribution in [0.2, 0.25) is 0 Å². The van der Waals surface area contributed by atoms with Gasteiger partial charge in [0.05, 0.1) is 12.2 Å². The van der Waals surface area contributed by atoms with Crippen LogP contribution < -0.4 is 4.74 Å². The van der Waals surface area contributed by atoms with E-state index in [1.54, 1.807) is 6.20 Å². The van der Waals surface area contributed by atoms with E-state index >= 15 is 0 Å². The highest BCUT2D eigenvalue weighted by molar-refractivity contribution is 5.88. The van der Waals surface area contributed by atoms with Crippen molar-refractivity contribution < 1.29 is 20.1 Å². The molecule has 3 aromatic rings. The topological polar surface area (TPSA) is 86.1 Å². The first-order valence-electron chi connectivity index (χ1n) is 11.4. The molecule has 168 valence electrons. The van der Waals surface area contributed by atoms with Crippen LogP contribution in [-0.2, 0) is 0 Å². The lowest BCUT2D eigenvalue weighted by Gasteiger charge is -2.32. The first-order valence-corrected chi connectivity index (χ1v) is 11.4. The van der Waals surface area contributed by atoms with Gasteiger partial charge in [0.15, 0.2) is 0 Å². The number of aliphatic hydroxyl groups excluding tert-OH is 3. The fourth-order valence-corrected chi connectivity index (χ4v) is 5.22. The second-order valence-corrected chi connectivity index (χ2v) is 9.28. The van der Waals surface area contributed by atoms with Crippen LogP contribution in [-0.4, -0.2) is 69.8 Å². The Labute approximate surface area is 188 Å². The quantitative estimate of drug-likeness (QED) is 0.553. The minimum absolute atomic E-state index is 0.232. The Bertz CT molecular complexity index is 1040. The molecule has 0 radical (unpaired) electrons. The smallest absolute Gasteiger partial charge is 0.120 e. The number of aliphatic hydroxyl groups is 3. The Kier molecular flexibility index (Phi) is 6.11. The Balaban J connectivity index is 1.16. The third-order valence-electron chi connectivity index (χ3n) is 6.90. The molecule has 6 nitrogen and oxygen atoms in total. The molecule has 1 aliphatic carbocycles. The Morgan fingerprint density at radius 3 is 2.38 bits per heavy atom. The Morgan fingerprint density at radius 2 is 1.66 bits per heavy atom. The average molecular weight is 435 g/mol. The predicted octanol–water partition coefficient (Wildman–Crippen LogP) is 2.71. The van der Waals surface area contributed by atoms with E-state index in [0.717, 1.165) is 40.7 Å². The summed E-state index contributed by atoms with van der Waals surface area (Å²) in [5.74, 6) is 1.55. The largest absolute Gasteiger partial charge is 0.491 e. The van der Waals surface area contributed by atoms with Crippen molar-refractivity contribution in [1.82, 2.24) is 9.88 Å². The SMILES string of the molecule is OC(COc1ccc2cc(-c3cccnc3)ccc2c1)CN1C[C@H]2C[C@H](O)[C@H](O)C[C@H]2C1. The highest BCUT2D eigenvalue weighted by Gasteiger charge is 2.41. The number of likely N-dealkylation sites (tertiary alicyclic amines) is 1. The van der Waals surface area contributed by atoms with Gasteiger partial charge in [-0.25, -0.2) is 0 Å². The number of β-amino-alcohol motifs (C(OH)–C–C–N with tert-alkyl or cyclic N) is 1. The zero-order chi connectivity index (χ0) is 22.1. The molecule has 1 aromatic heterocycles. The third-order valence-corrected chi connectivity index (χ3v) is 6.90. The number of aromatic nitrogens is 1. The van der Waals surface area contributed by atoms with Crippen molar-refractivity contribution in [3.63, 3.8) is 0 Å². The van der Waals surface area contributed by atoms with Crippen molar-refractivity contribution in [3.05, 3.63) is 60.9 Å². The van der Waals surface area contributed by atoms with Crippen LogP contribution in [0, 0.1) is 11.8 Å². The fourth-order valence-electron chi connectivity index (χ4n) is 5.22. The van der Waals surface area contributed by atoms with Gasteiger partial charge >= 0.3 is 0 Å².